The minimum Gasteiger partial charge on any atom is -0.315 e. The van der Waals surface area contributed by atoms with Crippen LogP contribution in [-0.2, 0) is 14.4 Å². The number of para-hydroxylation sites is 1. The molecule has 3 amide bonds. The van der Waals surface area contributed by atoms with Gasteiger partial charge in [-0.15, -0.1) is 0 Å². The lowest BCUT2D eigenvalue weighted by atomic mass is 9.44. The largest absolute Gasteiger partial charge is 0.315 e. The lowest BCUT2D eigenvalue weighted by molar-refractivity contribution is -0.170. The van der Waals surface area contributed by atoms with Gasteiger partial charge < -0.3 is 4.90 Å². The number of rotatable bonds is 3. The summed E-state index contributed by atoms with van der Waals surface area (Å²) in [6.45, 7) is 3.67. The second-order valence-corrected chi connectivity index (χ2v) is 6.43. The van der Waals surface area contributed by atoms with Crippen molar-refractivity contribution in [3.05, 3.63) is 30.3 Å². The van der Waals surface area contributed by atoms with Crippen LogP contribution in [0.5, 0.6) is 0 Å². The minimum absolute atomic E-state index is 0.102. The smallest absolute Gasteiger partial charge is 0.234 e. The van der Waals surface area contributed by atoms with E-state index in [0.717, 1.165) is 5.69 Å². The average Bonchev–Trinajstić information content (AvgIpc) is 2.65. The zero-order chi connectivity index (χ0) is 16.1. The lowest BCUT2D eigenvalue weighted by Crippen LogP contribution is -2.63. The number of imide groups is 1. The fourth-order valence-electron chi connectivity index (χ4n) is 4.18. The summed E-state index contributed by atoms with van der Waals surface area (Å²) in [5.74, 6) is -1.09. The van der Waals surface area contributed by atoms with E-state index in [4.69, 9.17) is 0 Å². The summed E-state index contributed by atoms with van der Waals surface area (Å²) >= 11 is 0. The van der Waals surface area contributed by atoms with Gasteiger partial charge in [0.05, 0.1) is 16.7 Å². The van der Waals surface area contributed by atoms with Crippen molar-refractivity contribution < 1.29 is 14.4 Å². The first-order valence-electron chi connectivity index (χ1n) is 7.57. The van der Waals surface area contributed by atoms with E-state index in [0.29, 0.717) is 12.8 Å². The molecule has 0 aromatic heterocycles. The number of amides is 3. The van der Waals surface area contributed by atoms with Crippen molar-refractivity contribution in [3.63, 3.8) is 0 Å². The Hall–Kier alpha value is -2.17. The van der Waals surface area contributed by atoms with Gasteiger partial charge in [-0.05, 0) is 31.9 Å². The van der Waals surface area contributed by atoms with Gasteiger partial charge in [-0.3, -0.25) is 19.7 Å². The Kier molecular flexibility index (Phi) is 3.13. The van der Waals surface area contributed by atoms with Crippen LogP contribution in [0.4, 0.5) is 5.69 Å². The number of hydrogen-bond acceptors (Lipinski definition) is 3. The van der Waals surface area contributed by atoms with Crippen molar-refractivity contribution in [2.24, 2.45) is 16.7 Å². The predicted octanol–water partition coefficient (Wildman–Crippen LogP) is 1.73. The Morgan fingerprint density at radius 1 is 1.27 bits per heavy atom. The molecule has 5 heteroatoms. The number of carbonyl (C=O) groups is 3. The molecule has 1 aliphatic carbocycles. The second-order valence-electron chi connectivity index (χ2n) is 6.43. The van der Waals surface area contributed by atoms with Gasteiger partial charge in [0.1, 0.15) is 0 Å². The molecule has 0 radical (unpaired) electrons. The topological polar surface area (TPSA) is 66.5 Å². The van der Waals surface area contributed by atoms with Crippen LogP contribution in [0, 0.1) is 16.7 Å². The van der Waals surface area contributed by atoms with Gasteiger partial charge in [0.15, 0.2) is 0 Å². The molecule has 1 aromatic carbocycles. The van der Waals surface area contributed by atoms with E-state index in [2.05, 4.69) is 5.32 Å². The summed E-state index contributed by atoms with van der Waals surface area (Å²) in [5.41, 5.74) is -0.863. The van der Waals surface area contributed by atoms with E-state index in [9.17, 15) is 14.4 Å². The van der Waals surface area contributed by atoms with Crippen LogP contribution in [-0.4, -0.2) is 24.8 Å². The summed E-state index contributed by atoms with van der Waals surface area (Å²) in [6.07, 6.45) is 0.911. The normalized spacial score (nSPS) is 33.0. The number of fused-ring (bicyclic) bond motifs is 1. The van der Waals surface area contributed by atoms with Crippen molar-refractivity contribution in [3.8, 4) is 0 Å². The SMILES string of the molecule is CC[C@@]12C(=O)NC(=O)[C@]1(C)C[C@@H]2C(=O)N(C)c1ccccc1. The van der Waals surface area contributed by atoms with Crippen LogP contribution in [0.1, 0.15) is 26.7 Å². The first-order chi connectivity index (χ1) is 10.4. The molecule has 5 nitrogen and oxygen atoms in total. The van der Waals surface area contributed by atoms with Gasteiger partial charge in [-0.25, -0.2) is 0 Å². The maximum Gasteiger partial charge on any atom is 0.234 e. The quantitative estimate of drug-likeness (QED) is 0.865. The van der Waals surface area contributed by atoms with Crippen LogP contribution >= 0.6 is 0 Å². The van der Waals surface area contributed by atoms with Crippen LogP contribution < -0.4 is 10.2 Å². The first kappa shape index (κ1) is 14.8. The first-order valence-corrected chi connectivity index (χ1v) is 7.57. The third-order valence-electron chi connectivity index (χ3n) is 5.66. The third kappa shape index (κ3) is 1.56. The van der Waals surface area contributed by atoms with Crippen LogP contribution in [0.25, 0.3) is 0 Å². The van der Waals surface area contributed by atoms with E-state index in [1.54, 1.807) is 18.9 Å². The number of nitrogens with zero attached hydrogens (tertiary/aromatic N) is 1. The molecule has 116 valence electrons. The van der Waals surface area contributed by atoms with E-state index < -0.39 is 16.7 Å². The Morgan fingerprint density at radius 3 is 2.45 bits per heavy atom. The van der Waals surface area contributed by atoms with Gasteiger partial charge >= 0.3 is 0 Å². The Bertz CT molecular complexity index is 657. The van der Waals surface area contributed by atoms with Gasteiger partial charge in [-0.2, -0.15) is 0 Å². The molecule has 1 saturated heterocycles. The number of nitrogens with one attached hydrogen (secondary N) is 1. The Labute approximate surface area is 129 Å². The minimum atomic E-state index is -0.899. The average molecular weight is 300 g/mol. The predicted molar refractivity (Wildman–Crippen MR) is 81.9 cm³/mol. The van der Waals surface area contributed by atoms with E-state index >= 15 is 0 Å². The Morgan fingerprint density at radius 2 is 1.91 bits per heavy atom. The van der Waals surface area contributed by atoms with Crippen molar-refractivity contribution >= 4 is 23.4 Å². The summed E-state index contributed by atoms with van der Waals surface area (Å²) in [5, 5.41) is 2.43. The molecule has 1 aromatic rings. The van der Waals surface area contributed by atoms with Gasteiger partial charge in [0.25, 0.3) is 0 Å². The second kappa shape index (κ2) is 4.66. The summed E-state index contributed by atoms with van der Waals surface area (Å²) in [6, 6.07) is 9.33. The monoisotopic (exact) mass is 300 g/mol. The molecule has 2 fully saturated rings. The molecule has 0 unspecified atom stereocenters. The molecule has 0 spiro atoms. The fourth-order valence-corrected chi connectivity index (χ4v) is 4.18. The Balaban J connectivity index is 1.92. The maximum absolute atomic E-state index is 12.9. The number of benzene rings is 1. The van der Waals surface area contributed by atoms with Crippen LogP contribution in [0.15, 0.2) is 30.3 Å². The van der Waals surface area contributed by atoms with E-state index in [1.807, 2.05) is 37.3 Å². The lowest BCUT2D eigenvalue weighted by Gasteiger charge is -2.55. The molecule has 1 saturated carbocycles. The highest BCUT2D eigenvalue weighted by Gasteiger charge is 2.75. The summed E-state index contributed by atoms with van der Waals surface area (Å²) in [4.78, 5) is 38.9. The highest BCUT2D eigenvalue weighted by atomic mass is 16.2. The third-order valence-corrected chi connectivity index (χ3v) is 5.66. The molecule has 22 heavy (non-hydrogen) atoms. The standard InChI is InChI=1S/C17H20N2O3/c1-4-17-12(10-16(17,2)14(21)18-15(17)22)13(20)19(3)11-8-6-5-7-9-11/h5-9,12H,4,10H2,1-3H3,(H,18,21,22)/t12-,16+,17-/m1/s1. The fraction of sp³-hybridized carbons (Fsp3) is 0.471. The zero-order valence-electron chi connectivity index (χ0n) is 13.1. The molecular formula is C17H20N2O3. The van der Waals surface area contributed by atoms with Crippen molar-refractivity contribution in [1.82, 2.24) is 5.32 Å². The molecule has 3 rings (SSSR count). The highest BCUT2D eigenvalue weighted by Crippen LogP contribution is 2.65. The molecule has 1 aliphatic heterocycles. The molecule has 3 atom stereocenters. The van der Waals surface area contributed by atoms with Crippen LogP contribution in [0.3, 0.4) is 0 Å². The number of anilines is 1. The molecule has 1 N–H and O–H groups in total. The van der Waals surface area contributed by atoms with Gasteiger partial charge in [0.2, 0.25) is 17.7 Å². The number of carbonyl (C=O) groups excluding carboxylic acids is 3. The number of hydrogen-bond donors (Lipinski definition) is 1. The van der Waals surface area contributed by atoms with Crippen LogP contribution in [0.2, 0.25) is 0 Å². The van der Waals surface area contributed by atoms with Crippen molar-refractivity contribution in [2.45, 2.75) is 26.7 Å². The highest BCUT2D eigenvalue weighted by molar-refractivity contribution is 6.15. The summed E-state index contributed by atoms with van der Waals surface area (Å²) in [7, 11) is 1.71. The van der Waals surface area contributed by atoms with Crippen molar-refractivity contribution in [1.29, 1.82) is 0 Å². The maximum atomic E-state index is 12.9. The van der Waals surface area contributed by atoms with E-state index in [1.165, 1.54) is 0 Å². The van der Waals surface area contributed by atoms with Gasteiger partial charge in [-0.1, -0.05) is 25.1 Å². The van der Waals surface area contributed by atoms with E-state index in [-0.39, 0.29) is 17.7 Å². The molecule has 2 aliphatic rings. The zero-order valence-corrected chi connectivity index (χ0v) is 13.1. The van der Waals surface area contributed by atoms with Crippen molar-refractivity contribution in [2.75, 3.05) is 11.9 Å². The summed E-state index contributed by atoms with van der Waals surface area (Å²) < 4.78 is 0. The molecule has 0 bridgehead atoms. The molecule has 1 heterocycles. The molecular weight excluding hydrogens is 280 g/mol. The van der Waals surface area contributed by atoms with Gasteiger partial charge in [0, 0.05) is 12.7 Å².